The van der Waals surface area contributed by atoms with Crippen LogP contribution in [0.15, 0.2) is 27.8 Å². The Morgan fingerprint density at radius 1 is 1.65 bits per heavy atom. The van der Waals surface area contributed by atoms with E-state index in [0.717, 1.165) is 12.2 Å². The van der Waals surface area contributed by atoms with Crippen LogP contribution in [0.3, 0.4) is 0 Å². The molecule has 0 saturated carbocycles. The number of furan rings is 1. The predicted molar refractivity (Wildman–Crippen MR) is 66.5 cm³/mol. The fourth-order valence-electron chi connectivity index (χ4n) is 1.39. The minimum atomic E-state index is 0.151. The van der Waals surface area contributed by atoms with Crippen LogP contribution in [-0.4, -0.2) is 32.3 Å². The van der Waals surface area contributed by atoms with Crippen molar-refractivity contribution in [2.45, 2.75) is 19.4 Å². The molecule has 4 N–H and O–H groups in total. The van der Waals surface area contributed by atoms with E-state index in [9.17, 15) is 0 Å². The van der Waals surface area contributed by atoms with Gasteiger partial charge in [0, 0.05) is 26.1 Å². The number of hydrogen-bond donors (Lipinski definition) is 3. The van der Waals surface area contributed by atoms with Gasteiger partial charge in [-0.3, -0.25) is 10.4 Å². The van der Waals surface area contributed by atoms with Crippen LogP contribution in [0.1, 0.15) is 12.7 Å². The van der Waals surface area contributed by atoms with E-state index in [2.05, 4.69) is 15.7 Å². The minimum Gasteiger partial charge on any atom is -0.469 e. The summed E-state index contributed by atoms with van der Waals surface area (Å²) in [4.78, 5) is 4.29. The van der Waals surface area contributed by atoms with Crippen LogP contribution in [0.2, 0.25) is 0 Å². The van der Waals surface area contributed by atoms with E-state index in [4.69, 9.17) is 15.0 Å². The van der Waals surface area contributed by atoms with Crippen molar-refractivity contribution < 1.29 is 9.15 Å². The maximum Gasteiger partial charge on any atom is 0.206 e. The summed E-state index contributed by atoms with van der Waals surface area (Å²) in [6.45, 7) is 3.20. The molecular formula is C11H20N4O2. The van der Waals surface area contributed by atoms with Crippen molar-refractivity contribution in [2.75, 3.05) is 20.3 Å². The van der Waals surface area contributed by atoms with Crippen LogP contribution < -0.4 is 16.6 Å². The standard InChI is InChI=1S/C11H20N4O2/c1-9(8-16-2)14-11(15-12)13-6-5-10-4-3-7-17-10/h3-4,7,9H,5-6,8,12H2,1-2H3,(H2,13,14,15). The first kappa shape index (κ1) is 13.5. The lowest BCUT2D eigenvalue weighted by atomic mass is 10.3. The van der Waals surface area contributed by atoms with Crippen molar-refractivity contribution in [1.29, 1.82) is 0 Å². The first-order chi connectivity index (χ1) is 8.26. The van der Waals surface area contributed by atoms with Gasteiger partial charge < -0.3 is 14.5 Å². The van der Waals surface area contributed by atoms with Crippen LogP contribution in [0.25, 0.3) is 0 Å². The Kier molecular flexibility index (Phi) is 6.13. The molecule has 0 aromatic carbocycles. The second-order valence-corrected chi connectivity index (χ2v) is 3.70. The van der Waals surface area contributed by atoms with Gasteiger partial charge in [-0.05, 0) is 19.1 Å². The number of rotatable bonds is 6. The van der Waals surface area contributed by atoms with Gasteiger partial charge in [-0.1, -0.05) is 0 Å². The van der Waals surface area contributed by atoms with Crippen molar-refractivity contribution in [3.63, 3.8) is 0 Å². The quantitative estimate of drug-likeness (QED) is 0.287. The van der Waals surface area contributed by atoms with Gasteiger partial charge >= 0.3 is 0 Å². The Morgan fingerprint density at radius 3 is 3.06 bits per heavy atom. The molecule has 0 aliphatic carbocycles. The van der Waals surface area contributed by atoms with Gasteiger partial charge in [-0.15, -0.1) is 0 Å². The summed E-state index contributed by atoms with van der Waals surface area (Å²) in [6.07, 6.45) is 2.40. The van der Waals surface area contributed by atoms with Crippen LogP contribution in [-0.2, 0) is 11.2 Å². The highest BCUT2D eigenvalue weighted by Crippen LogP contribution is 2.00. The van der Waals surface area contributed by atoms with E-state index in [-0.39, 0.29) is 6.04 Å². The molecule has 1 unspecified atom stereocenters. The number of nitrogens with zero attached hydrogens (tertiary/aromatic N) is 1. The van der Waals surface area contributed by atoms with Crippen molar-refractivity contribution in [3.8, 4) is 0 Å². The summed E-state index contributed by atoms with van der Waals surface area (Å²) in [6, 6.07) is 3.94. The summed E-state index contributed by atoms with van der Waals surface area (Å²) in [5, 5.41) is 3.11. The molecule has 0 aliphatic heterocycles. The topological polar surface area (TPSA) is 84.8 Å². The van der Waals surface area contributed by atoms with Gasteiger partial charge in [0.1, 0.15) is 5.76 Å². The Bertz CT molecular complexity index is 324. The lowest BCUT2D eigenvalue weighted by Crippen LogP contribution is -2.47. The summed E-state index contributed by atoms with van der Waals surface area (Å²) in [5.74, 6) is 6.84. The highest BCUT2D eigenvalue weighted by molar-refractivity contribution is 5.79. The Morgan fingerprint density at radius 2 is 2.47 bits per heavy atom. The molecule has 1 rings (SSSR count). The molecule has 0 saturated heterocycles. The van der Waals surface area contributed by atoms with Crippen molar-refractivity contribution in [1.82, 2.24) is 10.7 Å². The molecule has 0 amide bonds. The second kappa shape index (κ2) is 7.70. The lowest BCUT2D eigenvalue weighted by Gasteiger charge is -2.15. The molecular weight excluding hydrogens is 220 g/mol. The maximum absolute atomic E-state index is 5.37. The first-order valence-corrected chi connectivity index (χ1v) is 5.55. The molecule has 0 bridgehead atoms. The molecule has 96 valence electrons. The molecule has 17 heavy (non-hydrogen) atoms. The highest BCUT2D eigenvalue weighted by atomic mass is 16.5. The number of hydrazine groups is 1. The molecule has 0 fully saturated rings. The molecule has 1 aromatic heterocycles. The third kappa shape index (κ3) is 5.37. The lowest BCUT2D eigenvalue weighted by molar-refractivity contribution is 0.179. The fourth-order valence-corrected chi connectivity index (χ4v) is 1.39. The summed E-state index contributed by atoms with van der Waals surface area (Å²) in [5.41, 5.74) is 2.52. The Hall–Kier alpha value is -1.53. The summed E-state index contributed by atoms with van der Waals surface area (Å²) >= 11 is 0. The van der Waals surface area contributed by atoms with Crippen LogP contribution >= 0.6 is 0 Å². The molecule has 1 heterocycles. The van der Waals surface area contributed by atoms with Crippen LogP contribution in [0.5, 0.6) is 0 Å². The number of nitrogens with one attached hydrogen (secondary N) is 2. The largest absolute Gasteiger partial charge is 0.469 e. The number of aliphatic imine (C=N–C) groups is 1. The van der Waals surface area contributed by atoms with Gasteiger partial charge in [-0.25, -0.2) is 5.84 Å². The Balaban J connectivity index is 2.33. The summed E-state index contributed by atoms with van der Waals surface area (Å²) < 4.78 is 10.2. The maximum atomic E-state index is 5.37. The van der Waals surface area contributed by atoms with E-state index in [1.807, 2.05) is 19.1 Å². The monoisotopic (exact) mass is 240 g/mol. The second-order valence-electron chi connectivity index (χ2n) is 3.70. The number of guanidine groups is 1. The number of methoxy groups -OCH3 is 1. The van der Waals surface area contributed by atoms with Gasteiger partial charge in [0.05, 0.1) is 12.9 Å². The first-order valence-electron chi connectivity index (χ1n) is 5.55. The SMILES string of the molecule is COCC(C)NC(=NCCc1ccco1)NN. The average Bonchev–Trinajstić information content (AvgIpc) is 2.81. The average molecular weight is 240 g/mol. The van der Waals surface area contributed by atoms with E-state index < -0.39 is 0 Å². The van der Waals surface area contributed by atoms with Crippen LogP contribution in [0.4, 0.5) is 0 Å². The zero-order valence-corrected chi connectivity index (χ0v) is 10.3. The van der Waals surface area contributed by atoms with Crippen molar-refractivity contribution in [2.24, 2.45) is 10.8 Å². The zero-order chi connectivity index (χ0) is 12.5. The molecule has 6 nitrogen and oxygen atoms in total. The zero-order valence-electron chi connectivity index (χ0n) is 10.3. The minimum absolute atomic E-state index is 0.151. The van der Waals surface area contributed by atoms with E-state index in [1.165, 1.54) is 0 Å². The normalized spacial score (nSPS) is 13.5. The van der Waals surface area contributed by atoms with Gasteiger partial charge in [0.15, 0.2) is 0 Å². The number of hydrogen-bond acceptors (Lipinski definition) is 4. The predicted octanol–water partition coefficient (Wildman–Crippen LogP) is 0.266. The Labute approximate surface area is 101 Å². The van der Waals surface area contributed by atoms with Gasteiger partial charge in [0.2, 0.25) is 5.96 Å². The summed E-state index contributed by atoms with van der Waals surface area (Å²) in [7, 11) is 1.65. The van der Waals surface area contributed by atoms with Gasteiger partial charge in [-0.2, -0.15) is 0 Å². The third-order valence-electron chi connectivity index (χ3n) is 2.14. The van der Waals surface area contributed by atoms with Crippen molar-refractivity contribution >= 4 is 5.96 Å². The molecule has 6 heteroatoms. The van der Waals surface area contributed by atoms with Crippen LogP contribution in [0, 0.1) is 0 Å². The number of nitrogens with two attached hydrogens (primary N) is 1. The van der Waals surface area contributed by atoms with Gasteiger partial charge in [0.25, 0.3) is 0 Å². The van der Waals surface area contributed by atoms with E-state index in [0.29, 0.717) is 19.1 Å². The van der Waals surface area contributed by atoms with E-state index >= 15 is 0 Å². The molecule has 0 radical (unpaired) electrons. The van der Waals surface area contributed by atoms with E-state index in [1.54, 1.807) is 13.4 Å². The van der Waals surface area contributed by atoms with Crippen molar-refractivity contribution in [3.05, 3.63) is 24.2 Å². The smallest absolute Gasteiger partial charge is 0.206 e. The highest BCUT2D eigenvalue weighted by Gasteiger charge is 2.03. The molecule has 1 aromatic rings. The fraction of sp³-hybridized carbons (Fsp3) is 0.545. The molecule has 1 atom stereocenters. The molecule has 0 spiro atoms. The molecule has 0 aliphatic rings. The number of ether oxygens (including phenoxy) is 1. The third-order valence-corrected chi connectivity index (χ3v) is 2.14.